The molecule has 0 aliphatic rings. The average molecular weight is 400 g/mol. The smallest absolute Gasteiger partial charge is 0.240 e. The van der Waals surface area contributed by atoms with Crippen molar-refractivity contribution in [3.8, 4) is 0 Å². The summed E-state index contributed by atoms with van der Waals surface area (Å²) >= 11 is 0. The van der Waals surface area contributed by atoms with E-state index in [-0.39, 0.29) is 12.5 Å². The Kier molecular flexibility index (Phi) is 5.74. The molecule has 1 heterocycles. The Bertz CT molecular complexity index is 1090. The van der Waals surface area contributed by atoms with Crippen LogP contribution < -0.4 is 9.62 Å². The maximum Gasteiger partial charge on any atom is 0.240 e. The van der Waals surface area contributed by atoms with Crippen LogP contribution in [0.5, 0.6) is 0 Å². The molecule has 7 heteroatoms. The zero-order valence-corrected chi connectivity index (χ0v) is 17.2. The van der Waals surface area contributed by atoms with Crippen molar-refractivity contribution in [2.75, 3.05) is 23.7 Å². The number of aromatic nitrogens is 1. The van der Waals surface area contributed by atoms with E-state index in [1.165, 1.54) is 0 Å². The first-order valence-corrected chi connectivity index (χ1v) is 11.0. The number of nitrogens with zero attached hydrogens (tertiary/aromatic N) is 2. The predicted molar refractivity (Wildman–Crippen MR) is 113 cm³/mol. The highest BCUT2D eigenvalue weighted by atomic mass is 32.2. The molecule has 3 aromatic rings. The minimum absolute atomic E-state index is 0.243. The lowest BCUT2D eigenvalue weighted by atomic mass is 10.2. The first kappa shape index (κ1) is 19.9. The molecule has 1 N–H and O–H groups in total. The van der Waals surface area contributed by atoms with Gasteiger partial charge in [-0.3, -0.25) is 9.10 Å². The Morgan fingerprint density at radius 2 is 1.75 bits per heavy atom. The quantitative estimate of drug-likeness (QED) is 0.664. The van der Waals surface area contributed by atoms with E-state index >= 15 is 0 Å². The minimum Gasteiger partial charge on any atom is -0.353 e. The number of aryl methyl sites for hydroxylation is 2. The maximum absolute atomic E-state index is 12.4. The van der Waals surface area contributed by atoms with Crippen molar-refractivity contribution in [3.05, 3.63) is 65.9 Å². The SMILES string of the molecule is Cc1ccc(N(CC(=O)NCCn2c(C)cc3ccccc32)S(C)(=O)=O)cc1. The van der Waals surface area contributed by atoms with Gasteiger partial charge in [0.05, 0.1) is 11.9 Å². The van der Waals surface area contributed by atoms with Gasteiger partial charge in [0.25, 0.3) is 0 Å². The largest absolute Gasteiger partial charge is 0.353 e. The standard InChI is InChI=1S/C21H25N3O3S/c1-16-8-10-19(11-9-16)24(28(3,26)27)15-21(25)22-12-13-23-17(2)14-18-6-4-5-7-20(18)23/h4-11,14H,12-13,15H2,1-3H3,(H,22,25). The molecule has 0 spiro atoms. The van der Waals surface area contributed by atoms with Gasteiger partial charge in [-0.1, -0.05) is 35.9 Å². The molecule has 0 saturated carbocycles. The van der Waals surface area contributed by atoms with Crippen molar-refractivity contribution >= 4 is 32.5 Å². The summed E-state index contributed by atoms with van der Waals surface area (Å²) < 4.78 is 27.6. The first-order chi connectivity index (χ1) is 13.3. The van der Waals surface area contributed by atoms with E-state index in [1.54, 1.807) is 12.1 Å². The fourth-order valence-electron chi connectivity index (χ4n) is 3.25. The van der Waals surface area contributed by atoms with Crippen molar-refractivity contribution in [1.82, 2.24) is 9.88 Å². The number of rotatable bonds is 7. The van der Waals surface area contributed by atoms with Gasteiger partial charge in [-0.15, -0.1) is 0 Å². The van der Waals surface area contributed by atoms with E-state index in [2.05, 4.69) is 22.0 Å². The lowest BCUT2D eigenvalue weighted by molar-refractivity contribution is -0.119. The molecular weight excluding hydrogens is 374 g/mol. The highest BCUT2D eigenvalue weighted by Crippen LogP contribution is 2.19. The van der Waals surface area contributed by atoms with E-state index in [9.17, 15) is 13.2 Å². The summed E-state index contributed by atoms with van der Waals surface area (Å²) in [7, 11) is -3.56. The van der Waals surface area contributed by atoms with Crippen LogP contribution >= 0.6 is 0 Å². The van der Waals surface area contributed by atoms with Crippen LogP contribution in [0.2, 0.25) is 0 Å². The predicted octanol–water partition coefficient (Wildman–Crippen LogP) is 2.84. The number of benzene rings is 2. The number of para-hydroxylation sites is 1. The van der Waals surface area contributed by atoms with Crippen molar-refractivity contribution < 1.29 is 13.2 Å². The van der Waals surface area contributed by atoms with Gasteiger partial charge in [-0.05, 0) is 43.5 Å². The normalized spacial score (nSPS) is 11.5. The second-order valence-corrected chi connectivity index (χ2v) is 8.86. The van der Waals surface area contributed by atoms with Gasteiger partial charge < -0.3 is 9.88 Å². The van der Waals surface area contributed by atoms with Gasteiger partial charge in [0, 0.05) is 24.3 Å². The molecule has 0 radical (unpaired) electrons. The van der Waals surface area contributed by atoms with Crippen LogP contribution in [0.15, 0.2) is 54.6 Å². The third-order valence-electron chi connectivity index (χ3n) is 4.68. The molecular formula is C21H25N3O3S. The molecule has 0 aliphatic carbocycles. The maximum atomic E-state index is 12.4. The van der Waals surface area contributed by atoms with Crippen LogP contribution in [0.4, 0.5) is 5.69 Å². The van der Waals surface area contributed by atoms with Crippen LogP contribution in [0, 0.1) is 13.8 Å². The summed E-state index contributed by atoms with van der Waals surface area (Å²) in [6, 6.07) is 17.3. The molecule has 6 nitrogen and oxygen atoms in total. The molecule has 3 rings (SSSR count). The van der Waals surface area contributed by atoms with E-state index in [0.717, 1.165) is 32.7 Å². The van der Waals surface area contributed by atoms with Crippen molar-refractivity contribution in [1.29, 1.82) is 0 Å². The van der Waals surface area contributed by atoms with Crippen LogP contribution in [-0.4, -0.2) is 38.2 Å². The molecule has 0 aliphatic heterocycles. The molecule has 0 atom stereocenters. The summed E-state index contributed by atoms with van der Waals surface area (Å²) in [5.74, 6) is -0.333. The van der Waals surface area contributed by atoms with E-state index in [0.29, 0.717) is 18.8 Å². The zero-order chi connectivity index (χ0) is 20.3. The van der Waals surface area contributed by atoms with Gasteiger partial charge in [0.2, 0.25) is 15.9 Å². The van der Waals surface area contributed by atoms with Crippen molar-refractivity contribution in [3.63, 3.8) is 0 Å². The third-order valence-corrected chi connectivity index (χ3v) is 5.83. The Balaban J connectivity index is 1.65. The van der Waals surface area contributed by atoms with Gasteiger partial charge in [-0.2, -0.15) is 0 Å². The monoisotopic (exact) mass is 399 g/mol. The lowest BCUT2D eigenvalue weighted by Gasteiger charge is -2.22. The minimum atomic E-state index is -3.56. The number of hydrogen-bond donors (Lipinski definition) is 1. The Hall–Kier alpha value is -2.80. The Morgan fingerprint density at radius 1 is 1.07 bits per heavy atom. The van der Waals surface area contributed by atoms with Gasteiger partial charge in [0.15, 0.2) is 0 Å². The van der Waals surface area contributed by atoms with E-state index in [4.69, 9.17) is 0 Å². The fraction of sp³-hybridized carbons (Fsp3) is 0.286. The van der Waals surface area contributed by atoms with E-state index in [1.807, 2.05) is 44.2 Å². The summed E-state index contributed by atoms with van der Waals surface area (Å²) in [5, 5.41) is 3.99. The Morgan fingerprint density at radius 3 is 2.43 bits per heavy atom. The summed E-state index contributed by atoms with van der Waals surface area (Å²) in [6.45, 7) is 4.75. The number of carbonyl (C=O) groups excluding carboxylic acids is 1. The highest BCUT2D eigenvalue weighted by Gasteiger charge is 2.20. The number of anilines is 1. The molecule has 0 fully saturated rings. The van der Waals surface area contributed by atoms with Crippen LogP contribution in [0.1, 0.15) is 11.3 Å². The van der Waals surface area contributed by atoms with Gasteiger partial charge in [0.1, 0.15) is 6.54 Å². The first-order valence-electron chi connectivity index (χ1n) is 9.11. The van der Waals surface area contributed by atoms with Gasteiger partial charge in [-0.25, -0.2) is 8.42 Å². The summed E-state index contributed by atoms with van der Waals surface area (Å²) in [6.07, 6.45) is 1.11. The molecule has 0 saturated heterocycles. The second kappa shape index (κ2) is 8.06. The second-order valence-electron chi connectivity index (χ2n) is 6.95. The molecule has 0 bridgehead atoms. The van der Waals surface area contributed by atoms with Crippen molar-refractivity contribution in [2.45, 2.75) is 20.4 Å². The van der Waals surface area contributed by atoms with E-state index < -0.39 is 10.0 Å². The summed E-state index contributed by atoms with van der Waals surface area (Å²) in [4.78, 5) is 12.4. The molecule has 2 aromatic carbocycles. The van der Waals surface area contributed by atoms with Crippen LogP contribution in [-0.2, 0) is 21.4 Å². The molecule has 148 valence electrons. The lowest BCUT2D eigenvalue weighted by Crippen LogP contribution is -2.41. The van der Waals surface area contributed by atoms with Crippen molar-refractivity contribution in [2.24, 2.45) is 0 Å². The summed E-state index contributed by atoms with van der Waals surface area (Å²) in [5.41, 5.74) is 3.74. The molecule has 1 aromatic heterocycles. The van der Waals surface area contributed by atoms with Crippen LogP contribution in [0.3, 0.4) is 0 Å². The fourth-order valence-corrected chi connectivity index (χ4v) is 4.11. The average Bonchev–Trinajstić information content (AvgIpc) is 2.95. The number of fused-ring (bicyclic) bond motifs is 1. The number of sulfonamides is 1. The molecule has 1 amide bonds. The molecule has 0 unspecified atom stereocenters. The van der Waals surface area contributed by atoms with Gasteiger partial charge >= 0.3 is 0 Å². The highest BCUT2D eigenvalue weighted by molar-refractivity contribution is 7.92. The zero-order valence-electron chi connectivity index (χ0n) is 16.3. The number of amides is 1. The number of carbonyl (C=O) groups is 1. The number of hydrogen-bond acceptors (Lipinski definition) is 3. The Labute approximate surface area is 165 Å². The van der Waals surface area contributed by atoms with Crippen LogP contribution in [0.25, 0.3) is 10.9 Å². The third kappa shape index (κ3) is 4.54. The number of nitrogens with one attached hydrogen (secondary N) is 1. The topological polar surface area (TPSA) is 71.4 Å². The molecule has 28 heavy (non-hydrogen) atoms.